The number of rotatable bonds is 4. The summed E-state index contributed by atoms with van der Waals surface area (Å²) in [5, 5.41) is -0.344. The van der Waals surface area contributed by atoms with Crippen molar-refractivity contribution in [3.05, 3.63) is 58.2 Å². The number of carbonyl (C=O) groups is 1. The Hall–Kier alpha value is -1.54. The first kappa shape index (κ1) is 17.8. The first-order valence-corrected chi connectivity index (χ1v) is 8.08. The van der Waals surface area contributed by atoms with Crippen molar-refractivity contribution < 1.29 is 18.0 Å². The van der Waals surface area contributed by atoms with Crippen LogP contribution in [-0.4, -0.2) is 28.3 Å². The third-order valence-electron chi connectivity index (χ3n) is 2.93. The second-order valence-corrected chi connectivity index (χ2v) is 6.56. The molecular formula is C15H12BrF3N2OS. The largest absolute Gasteiger partial charge is 0.447 e. The topological polar surface area (TPSA) is 33.2 Å². The van der Waals surface area contributed by atoms with Gasteiger partial charge in [-0.25, -0.2) is 4.98 Å². The monoisotopic (exact) mass is 404 g/mol. The van der Waals surface area contributed by atoms with Crippen molar-refractivity contribution in [2.45, 2.75) is 17.1 Å². The van der Waals surface area contributed by atoms with Crippen molar-refractivity contribution >= 4 is 33.6 Å². The number of hydrogen-bond donors (Lipinski definition) is 0. The Morgan fingerprint density at radius 2 is 1.96 bits per heavy atom. The summed E-state index contributed by atoms with van der Waals surface area (Å²) in [4.78, 5) is 17.5. The Bertz CT molecular complexity index is 709. The Morgan fingerprint density at radius 3 is 2.61 bits per heavy atom. The fourth-order valence-electron chi connectivity index (χ4n) is 1.90. The first-order chi connectivity index (χ1) is 10.8. The summed E-state index contributed by atoms with van der Waals surface area (Å²) in [6, 6.07) is 10.1. The molecule has 0 spiro atoms. The third-order valence-corrected chi connectivity index (χ3v) is 4.45. The van der Waals surface area contributed by atoms with E-state index in [0.29, 0.717) is 0 Å². The predicted molar refractivity (Wildman–Crippen MR) is 86.1 cm³/mol. The van der Waals surface area contributed by atoms with Crippen LogP contribution in [0.5, 0.6) is 0 Å². The van der Waals surface area contributed by atoms with E-state index in [2.05, 4.69) is 20.9 Å². The molecule has 122 valence electrons. The SMILES string of the molecule is CN(Cc1ccccc1Br)C(=O)c1cccnc1SC(F)(F)F. The molecule has 0 saturated heterocycles. The average Bonchev–Trinajstić information content (AvgIpc) is 2.48. The number of carbonyl (C=O) groups excluding carboxylic acids is 1. The van der Waals surface area contributed by atoms with Gasteiger partial charge in [0.25, 0.3) is 5.91 Å². The zero-order valence-corrected chi connectivity index (χ0v) is 14.4. The number of alkyl halides is 3. The Kier molecular flexibility index (Phi) is 5.69. The van der Waals surface area contributed by atoms with Gasteiger partial charge < -0.3 is 4.90 Å². The standard InChI is InChI=1S/C15H12BrF3N2OS/c1-21(9-10-5-2-3-7-12(10)16)14(22)11-6-4-8-20-13(11)23-15(17,18)19/h2-8H,9H2,1H3. The molecule has 1 amide bonds. The molecule has 0 atom stereocenters. The van der Waals surface area contributed by atoms with E-state index in [4.69, 9.17) is 0 Å². The van der Waals surface area contributed by atoms with E-state index in [1.54, 1.807) is 0 Å². The average molecular weight is 405 g/mol. The quantitative estimate of drug-likeness (QED) is 0.690. The van der Waals surface area contributed by atoms with Crippen molar-refractivity contribution in [3.8, 4) is 0 Å². The number of amides is 1. The molecule has 2 aromatic rings. The smallest absolute Gasteiger partial charge is 0.337 e. The molecule has 0 saturated carbocycles. The molecule has 8 heteroatoms. The highest BCUT2D eigenvalue weighted by atomic mass is 79.9. The van der Waals surface area contributed by atoms with E-state index >= 15 is 0 Å². The third kappa shape index (κ3) is 4.97. The molecule has 23 heavy (non-hydrogen) atoms. The molecule has 0 N–H and O–H groups in total. The number of thioether (sulfide) groups is 1. The number of benzene rings is 1. The van der Waals surface area contributed by atoms with Crippen LogP contribution in [0.1, 0.15) is 15.9 Å². The minimum absolute atomic E-state index is 0.0654. The first-order valence-electron chi connectivity index (χ1n) is 6.47. The number of aromatic nitrogens is 1. The van der Waals surface area contributed by atoms with Crippen molar-refractivity contribution in [2.75, 3.05) is 7.05 Å². The van der Waals surface area contributed by atoms with Crippen LogP contribution in [0.2, 0.25) is 0 Å². The summed E-state index contributed by atoms with van der Waals surface area (Å²) in [5.41, 5.74) is -3.70. The van der Waals surface area contributed by atoms with E-state index < -0.39 is 11.4 Å². The second-order valence-electron chi connectivity index (χ2n) is 4.66. The van der Waals surface area contributed by atoms with Crippen LogP contribution < -0.4 is 0 Å². The van der Waals surface area contributed by atoms with E-state index in [-0.39, 0.29) is 28.9 Å². The summed E-state index contributed by atoms with van der Waals surface area (Å²) in [6.45, 7) is 0.269. The Labute approximate surface area is 144 Å². The lowest BCUT2D eigenvalue weighted by atomic mass is 10.2. The van der Waals surface area contributed by atoms with Crippen LogP contribution in [0.3, 0.4) is 0 Å². The maximum Gasteiger partial charge on any atom is 0.447 e. The Morgan fingerprint density at radius 1 is 1.26 bits per heavy atom. The summed E-state index contributed by atoms with van der Waals surface area (Å²) in [5.74, 6) is -0.513. The molecule has 1 aromatic heterocycles. The van der Waals surface area contributed by atoms with E-state index in [1.165, 1.54) is 30.3 Å². The molecule has 0 aliphatic carbocycles. The molecule has 0 radical (unpaired) electrons. The Balaban J connectivity index is 2.22. The van der Waals surface area contributed by atoms with E-state index in [1.807, 2.05) is 24.3 Å². The maximum absolute atomic E-state index is 12.6. The van der Waals surface area contributed by atoms with Gasteiger partial charge in [0.15, 0.2) is 0 Å². The lowest BCUT2D eigenvalue weighted by molar-refractivity contribution is -0.0329. The summed E-state index contributed by atoms with van der Waals surface area (Å²) in [6.07, 6.45) is 1.23. The maximum atomic E-state index is 12.6. The lowest BCUT2D eigenvalue weighted by Gasteiger charge is -2.19. The normalized spacial score (nSPS) is 11.3. The minimum Gasteiger partial charge on any atom is -0.337 e. The minimum atomic E-state index is -4.50. The van der Waals surface area contributed by atoms with Gasteiger partial charge in [-0.1, -0.05) is 34.1 Å². The summed E-state index contributed by atoms with van der Waals surface area (Å²) >= 11 is 3.00. The van der Waals surface area contributed by atoms with E-state index in [0.717, 1.165) is 10.0 Å². The number of pyridine rings is 1. The van der Waals surface area contributed by atoms with Crippen LogP contribution in [0.25, 0.3) is 0 Å². The van der Waals surface area contributed by atoms with Gasteiger partial charge in [-0.05, 0) is 23.8 Å². The van der Waals surface area contributed by atoms with Gasteiger partial charge in [0.2, 0.25) is 0 Å². The molecule has 0 bridgehead atoms. The number of nitrogens with zero attached hydrogens (tertiary/aromatic N) is 2. The van der Waals surface area contributed by atoms with Crippen molar-refractivity contribution in [2.24, 2.45) is 0 Å². The molecule has 0 aliphatic rings. The summed E-state index contributed by atoms with van der Waals surface area (Å²) < 4.78 is 38.6. The van der Waals surface area contributed by atoms with Crippen LogP contribution in [0.15, 0.2) is 52.1 Å². The number of halogens is 4. The highest BCUT2D eigenvalue weighted by molar-refractivity contribution is 9.10. The van der Waals surface area contributed by atoms with Gasteiger partial charge >= 0.3 is 5.51 Å². The molecule has 0 aliphatic heterocycles. The molecule has 0 fully saturated rings. The predicted octanol–water partition coefficient (Wildman–Crippen LogP) is 4.73. The summed E-state index contributed by atoms with van der Waals surface area (Å²) in [7, 11) is 1.54. The van der Waals surface area contributed by atoms with Gasteiger partial charge in [0.05, 0.1) is 5.56 Å². The zero-order valence-electron chi connectivity index (χ0n) is 12.0. The van der Waals surface area contributed by atoms with Crippen LogP contribution in [-0.2, 0) is 6.54 Å². The molecule has 3 nitrogen and oxygen atoms in total. The molecular weight excluding hydrogens is 393 g/mol. The molecule has 1 heterocycles. The second kappa shape index (κ2) is 7.35. The van der Waals surface area contributed by atoms with Crippen molar-refractivity contribution in [1.29, 1.82) is 0 Å². The van der Waals surface area contributed by atoms with Crippen molar-refractivity contribution in [3.63, 3.8) is 0 Å². The molecule has 2 rings (SSSR count). The van der Waals surface area contributed by atoms with Gasteiger partial charge in [-0.2, -0.15) is 13.2 Å². The van der Waals surface area contributed by atoms with Gasteiger partial charge in [-0.3, -0.25) is 4.79 Å². The molecule has 0 unspecified atom stereocenters. The number of hydrogen-bond acceptors (Lipinski definition) is 3. The van der Waals surface area contributed by atoms with Crippen molar-refractivity contribution in [1.82, 2.24) is 9.88 Å². The van der Waals surface area contributed by atoms with Crippen LogP contribution in [0.4, 0.5) is 13.2 Å². The molecule has 1 aromatic carbocycles. The highest BCUT2D eigenvalue weighted by Crippen LogP contribution is 2.37. The van der Waals surface area contributed by atoms with Gasteiger partial charge in [0, 0.05) is 36.0 Å². The van der Waals surface area contributed by atoms with Gasteiger partial charge in [-0.15, -0.1) is 0 Å². The van der Waals surface area contributed by atoms with Crippen LogP contribution in [0, 0.1) is 0 Å². The van der Waals surface area contributed by atoms with Gasteiger partial charge in [0.1, 0.15) is 5.03 Å². The zero-order chi connectivity index (χ0) is 17.0. The fraction of sp³-hybridized carbons (Fsp3) is 0.200. The highest BCUT2D eigenvalue weighted by Gasteiger charge is 2.32. The van der Waals surface area contributed by atoms with E-state index in [9.17, 15) is 18.0 Å². The fourth-order valence-corrected chi connectivity index (χ4v) is 2.91. The lowest BCUT2D eigenvalue weighted by Crippen LogP contribution is -2.27. The van der Waals surface area contributed by atoms with Crippen LogP contribution >= 0.6 is 27.7 Å².